The number of nitrogens with zero attached hydrogens (tertiary/aromatic N) is 2. The SMILES string of the molecule is [2H]C(F)(F)Oc1ccc2nc(S(=O)Cc3nccc(OC(C)C)c3OCC)[nH]c2c1.[2H][2H].[2H][2H].[HH].[HH].[HH].[HH].[HH].[HH].[HH].[HH].[HH].[HH].[HH].[HH].[HH].[HH].[HH].[HH].[HH].[HH].[HH].[HH].[HH].[HH].[HH].[HH].[HH].[HH].[HH].[HH].[HH].[HH].[HH].[HH].[HH]. The standard InChI is InChI=1S/C19H21F2N3O4S.35H2/c1-4-26-17-15(22-8-7-16(17)27-11(2)3)10-29(25)19-23-13-6-5-12(28-18(20)21)9-14(13)24-19;;;;;;;;;;;;;;;;;;;;;;;;;;;;;;;;;;;/h5-9,11,18H,4,10H2,1-3H3,(H,23,24);35*1H/i18D;2*1+1D;;;;;;;;;;;;;;;;;;;;;;;;;;;;;;;;;. The molecule has 3 rings (SSSR count). The lowest BCUT2D eigenvalue weighted by atomic mass is 10.3. The number of imidazole rings is 1. The van der Waals surface area contributed by atoms with Crippen molar-refractivity contribution in [2.24, 2.45) is 0 Å². The summed E-state index contributed by atoms with van der Waals surface area (Å²) < 4.78 is 80.5. The molecule has 0 aliphatic carbocycles. The van der Waals surface area contributed by atoms with E-state index in [0.29, 0.717) is 34.8 Å². The lowest BCUT2D eigenvalue weighted by molar-refractivity contribution is -0.0497. The van der Waals surface area contributed by atoms with Gasteiger partial charge in [-0.2, -0.15) is 8.78 Å². The molecule has 0 radical (unpaired) electrons. The number of hydrogen-bond acceptors (Lipinski definition) is 6. The maximum Gasteiger partial charge on any atom is 0.387 e. The first kappa shape index (κ1) is 17.1. The van der Waals surface area contributed by atoms with Gasteiger partial charge in [-0.25, -0.2) is 4.98 Å². The number of fused-ring (bicyclic) bond motifs is 1. The summed E-state index contributed by atoms with van der Waals surface area (Å²) in [6, 6.07) is 5.66. The van der Waals surface area contributed by atoms with E-state index in [1.54, 1.807) is 12.3 Å². The van der Waals surface area contributed by atoms with Gasteiger partial charge < -0.3 is 19.2 Å². The van der Waals surface area contributed by atoms with E-state index in [-0.39, 0.29) is 69.8 Å². The molecule has 0 aliphatic heterocycles. The van der Waals surface area contributed by atoms with Crippen LogP contribution in [0.5, 0.6) is 17.2 Å². The van der Waals surface area contributed by atoms with E-state index >= 15 is 0 Å². The zero-order chi connectivity index (χ0) is 25.9. The van der Waals surface area contributed by atoms with E-state index in [1.165, 1.54) is 18.2 Å². The quantitative estimate of drug-likeness (QED) is 0.314. The summed E-state index contributed by atoms with van der Waals surface area (Å²) in [5.74, 6) is 0.740. The van der Waals surface area contributed by atoms with Gasteiger partial charge in [0.15, 0.2) is 18.0 Å². The number of pyridine rings is 1. The lowest BCUT2D eigenvalue weighted by Gasteiger charge is -2.16. The molecule has 2 heterocycles. The summed E-state index contributed by atoms with van der Waals surface area (Å²) in [6.07, 6.45) is 1.48. The summed E-state index contributed by atoms with van der Waals surface area (Å²) in [4.78, 5) is 11.4. The van der Waals surface area contributed by atoms with Crippen molar-refractivity contribution in [2.45, 2.75) is 44.4 Å². The summed E-state index contributed by atoms with van der Waals surface area (Å²) >= 11 is 0. The molecular weight excluding hydrogens is 404 g/mol. The summed E-state index contributed by atoms with van der Waals surface area (Å²) in [5.41, 5.74) is 1.23. The molecule has 0 saturated heterocycles. The van der Waals surface area contributed by atoms with Gasteiger partial charge in [0, 0.05) is 71.3 Å². The number of rotatable bonds is 9. The smallest absolute Gasteiger partial charge is 0.387 e. The predicted molar refractivity (Wildman–Crippen MR) is 178 cm³/mol. The van der Waals surface area contributed by atoms with Crippen LogP contribution in [-0.4, -0.2) is 38.5 Å². The van der Waals surface area contributed by atoms with E-state index in [2.05, 4.69) is 19.7 Å². The van der Waals surface area contributed by atoms with Crippen molar-refractivity contribution in [3.63, 3.8) is 0 Å². The monoisotopic (exact) mass is 501 g/mol. The predicted octanol–water partition coefficient (Wildman–Crippen LogP) is 12.7. The Balaban J connectivity index is -0.00000000982. The van der Waals surface area contributed by atoms with Crippen LogP contribution < -0.4 is 14.2 Å². The normalized spacial score (nSPS) is 13.9. The fourth-order valence-electron chi connectivity index (χ4n) is 2.64. The molecule has 3 aromatic rings. The Kier molecular flexibility index (Phi) is 5.42. The molecular formula is C19H91F2N3O4S. The average molecular weight is 501 g/mol. The summed E-state index contributed by atoms with van der Waals surface area (Å²) in [7, 11) is -1.62. The lowest BCUT2D eigenvalue weighted by Crippen LogP contribution is -2.10. The number of nitrogens with one attached hydrogen (secondary N) is 1. The minimum absolute atomic E-state index is 0. The molecule has 0 aliphatic rings. The Morgan fingerprint density at radius 1 is 1.38 bits per heavy atom. The van der Waals surface area contributed by atoms with Crippen LogP contribution in [0.2, 0.25) is 0 Å². The average Bonchev–Trinajstić information content (AvgIpc) is 3.21. The van der Waals surface area contributed by atoms with Crippen molar-refractivity contribution >= 4 is 21.8 Å². The Labute approximate surface area is 225 Å². The number of alkyl halides is 2. The zero-order valence-electron chi connectivity index (χ0n) is 21.1. The van der Waals surface area contributed by atoms with Gasteiger partial charge in [0.1, 0.15) is 5.75 Å². The molecule has 1 N–H and O–H groups in total. The minimum atomic E-state index is -4.05. The van der Waals surface area contributed by atoms with Crippen molar-refractivity contribution < 1.29 is 81.6 Å². The van der Waals surface area contributed by atoms with Crippen LogP contribution in [0.25, 0.3) is 11.0 Å². The highest BCUT2D eigenvalue weighted by atomic mass is 32.2. The summed E-state index contributed by atoms with van der Waals surface area (Å²) in [5, 5.41) is 0.152. The van der Waals surface area contributed by atoms with Gasteiger partial charge in [-0.05, 0) is 32.9 Å². The number of H-pyrrole nitrogens is 1. The molecule has 0 spiro atoms. The molecule has 0 amide bonds. The van der Waals surface area contributed by atoms with Gasteiger partial charge in [-0.15, -0.1) is 0 Å². The van der Waals surface area contributed by atoms with Crippen LogP contribution in [0.15, 0.2) is 35.6 Å². The number of aromatic amines is 1. The van der Waals surface area contributed by atoms with E-state index in [4.69, 9.17) is 16.8 Å². The Bertz CT molecular complexity index is 1120. The fraction of sp³-hybridized carbons (Fsp3) is 0.368. The van der Waals surface area contributed by atoms with Gasteiger partial charge in [-0.1, -0.05) is 0 Å². The van der Waals surface area contributed by atoms with E-state index in [0.717, 1.165) is 0 Å². The van der Waals surface area contributed by atoms with Crippen molar-refractivity contribution in [3.05, 3.63) is 36.2 Å². The first-order valence-electron chi connectivity index (χ1n) is 11.4. The van der Waals surface area contributed by atoms with E-state index < -0.39 is 17.4 Å². The molecule has 10 heteroatoms. The first-order chi connectivity index (χ1) is 16.2. The molecule has 1 atom stereocenters. The molecule has 1 aromatic carbocycles. The maximum absolute atomic E-state index is 12.9. The van der Waals surface area contributed by atoms with Crippen LogP contribution in [0, 0.1) is 0 Å². The third kappa shape index (κ3) is 5.20. The molecule has 0 bridgehead atoms. The van der Waals surface area contributed by atoms with Crippen molar-refractivity contribution in [1.82, 2.24) is 15.0 Å². The Morgan fingerprint density at radius 2 is 2.17 bits per heavy atom. The topological polar surface area (TPSA) is 86.3 Å². The van der Waals surface area contributed by atoms with Crippen LogP contribution in [0.1, 0.15) is 80.9 Å². The third-order valence-electron chi connectivity index (χ3n) is 3.70. The highest BCUT2D eigenvalue weighted by Crippen LogP contribution is 2.32. The van der Waals surface area contributed by atoms with Gasteiger partial charge in [0.2, 0.25) is 0 Å². The van der Waals surface area contributed by atoms with Gasteiger partial charge in [0.05, 0.1) is 46.0 Å². The van der Waals surface area contributed by atoms with Crippen LogP contribution >= 0.6 is 0 Å². The Hall–Kier alpha value is -2.75. The largest absolute Gasteiger partial charge is 0.488 e. The van der Waals surface area contributed by atoms with E-state index in [9.17, 15) is 13.0 Å². The second kappa shape index (κ2) is 9.17. The number of hydrogen-bond donors (Lipinski definition) is 1. The molecule has 29 heavy (non-hydrogen) atoms. The second-order valence-corrected chi connectivity index (χ2v) is 7.59. The van der Waals surface area contributed by atoms with Crippen LogP contribution in [0.4, 0.5) is 8.78 Å². The van der Waals surface area contributed by atoms with Crippen molar-refractivity contribution in [2.75, 3.05) is 6.61 Å². The molecule has 0 fully saturated rings. The number of halogens is 2. The summed E-state index contributed by atoms with van der Waals surface area (Å²) in [6.45, 7) is 1.93. The van der Waals surface area contributed by atoms with Gasteiger partial charge in [-0.3, -0.25) is 9.19 Å². The Morgan fingerprint density at radius 3 is 2.86 bits per heavy atom. The second-order valence-electron chi connectivity index (χ2n) is 6.22. The van der Waals surface area contributed by atoms with Crippen LogP contribution in [-0.2, 0) is 16.6 Å². The highest BCUT2D eigenvalue weighted by molar-refractivity contribution is 7.84. The minimum Gasteiger partial charge on any atom is -0.488 e. The molecule has 1 unspecified atom stereocenters. The number of benzene rings is 1. The van der Waals surface area contributed by atoms with E-state index in [1.807, 2.05) is 20.8 Å². The molecule has 226 valence electrons. The fourth-order valence-corrected chi connectivity index (χ4v) is 3.65. The molecule has 0 saturated carbocycles. The highest BCUT2D eigenvalue weighted by Gasteiger charge is 2.19. The number of aromatic nitrogens is 3. The van der Waals surface area contributed by atoms with Crippen molar-refractivity contribution in [3.8, 4) is 17.2 Å². The first-order valence-corrected chi connectivity index (χ1v) is 10.2. The zero-order valence-corrected chi connectivity index (χ0v) is 16.9. The molecule has 2 aromatic heterocycles. The van der Waals surface area contributed by atoms with Gasteiger partial charge >= 0.3 is 6.59 Å². The number of ether oxygens (including phenoxy) is 3. The van der Waals surface area contributed by atoms with Gasteiger partial charge in [0.25, 0.3) is 0 Å². The van der Waals surface area contributed by atoms with Crippen LogP contribution in [0.3, 0.4) is 0 Å². The molecule has 7 nitrogen and oxygen atoms in total. The third-order valence-corrected chi connectivity index (χ3v) is 4.86. The van der Waals surface area contributed by atoms with Crippen molar-refractivity contribution in [1.29, 1.82) is 0 Å². The maximum atomic E-state index is 12.9.